The highest BCUT2D eigenvalue weighted by Gasteiger charge is 2.19. The minimum absolute atomic E-state index is 0.0847. The maximum Gasteiger partial charge on any atom is 0.303 e. The van der Waals surface area contributed by atoms with Crippen molar-refractivity contribution in [1.82, 2.24) is 0 Å². The molecule has 4 nitrogen and oxygen atoms in total. The highest BCUT2D eigenvalue weighted by atomic mass is 16.5. The van der Waals surface area contributed by atoms with Crippen molar-refractivity contribution in [2.24, 2.45) is 0 Å². The summed E-state index contributed by atoms with van der Waals surface area (Å²) in [5, 5.41) is 8.83. The average Bonchev–Trinajstić information content (AvgIpc) is 2.89. The second kappa shape index (κ2) is 6.45. The summed E-state index contributed by atoms with van der Waals surface area (Å²) in [6, 6.07) is 5.63. The van der Waals surface area contributed by atoms with Gasteiger partial charge >= 0.3 is 5.97 Å². The van der Waals surface area contributed by atoms with Crippen LogP contribution in [0.1, 0.15) is 37.7 Å². The first-order valence-corrected chi connectivity index (χ1v) is 6.75. The normalized spacial score (nSPS) is 15.4. The lowest BCUT2D eigenvalue weighted by Gasteiger charge is -2.18. The molecule has 1 aliphatic carbocycles. The molecule has 0 aliphatic heterocycles. The Bertz CT molecular complexity index is 436. The maximum atomic E-state index is 10.7. The molecule has 1 aromatic rings. The van der Waals surface area contributed by atoms with Gasteiger partial charge in [0, 0.05) is 12.0 Å². The zero-order valence-corrected chi connectivity index (χ0v) is 11.2. The van der Waals surface area contributed by atoms with Crippen LogP contribution < -0.4 is 9.47 Å². The first kappa shape index (κ1) is 13.7. The van der Waals surface area contributed by atoms with E-state index in [2.05, 4.69) is 0 Å². The molecular formula is C15H20O4. The Morgan fingerprint density at radius 3 is 2.63 bits per heavy atom. The van der Waals surface area contributed by atoms with E-state index in [-0.39, 0.29) is 12.5 Å². The molecule has 1 N–H and O–H groups in total. The summed E-state index contributed by atoms with van der Waals surface area (Å²) in [6.45, 7) is 0. The summed E-state index contributed by atoms with van der Waals surface area (Å²) in [7, 11) is 1.60. The predicted molar refractivity (Wildman–Crippen MR) is 71.8 cm³/mol. The highest BCUT2D eigenvalue weighted by molar-refractivity contribution is 5.67. The summed E-state index contributed by atoms with van der Waals surface area (Å²) in [6.07, 6.45) is 5.35. The fourth-order valence-corrected chi connectivity index (χ4v) is 2.51. The number of aliphatic carboxylic acids is 1. The fourth-order valence-electron chi connectivity index (χ4n) is 2.51. The number of rotatable bonds is 6. The molecule has 2 rings (SSSR count). The van der Waals surface area contributed by atoms with Crippen molar-refractivity contribution in [3.8, 4) is 11.5 Å². The third-order valence-electron chi connectivity index (χ3n) is 3.49. The first-order chi connectivity index (χ1) is 9.20. The van der Waals surface area contributed by atoms with Gasteiger partial charge in [-0.3, -0.25) is 4.79 Å². The second-order valence-electron chi connectivity index (χ2n) is 4.86. The number of methoxy groups -OCH3 is 1. The van der Waals surface area contributed by atoms with Gasteiger partial charge in [-0.05, 0) is 44.2 Å². The molecule has 1 aromatic carbocycles. The van der Waals surface area contributed by atoms with Gasteiger partial charge in [-0.2, -0.15) is 0 Å². The molecule has 0 radical (unpaired) electrons. The van der Waals surface area contributed by atoms with Crippen LogP contribution >= 0.6 is 0 Å². The van der Waals surface area contributed by atoms with Crippen molar-refractivity contribution in [3.05, 3.63) is 23.8 Å². The SMILES string of the molecule is COc1cccc(OC2CCCC2)c1CCC(=O)O. The molecule has 19 heavy (non-hydrogen) atoms. The highest BCUT2D eigenvalue weighted by Crippen LogP contribution is 2.32. The van der Waals surface area contributed by atoms with E-state index >= 15 is 0 Å². The standard InChI is InChI=1S/C15H20O4/c1-18-13-7-4-8-14(12(13)9-10-15(16)17)19-11-5-2-3-6-11/h4,7-8,11H,2-3,5-6,9-10H2,1H3,(H,16,17). The Labute approximate surface area is 113 Å². The lowest BCUT2D eigenvalue weighted by Crippen LogP contribution is -2.13. The minimum Gasteiger partial charge on any atom is -0.496 e. The molecule has 0 atom stereocenters. The lowest BCUT2D eigenvalue weighted by atomic mass is 10.1. The molecule has 1 saturated carbocycles. The van der Waals surface area contributed by atoms with Crippen LogP contribution in [0, 0.1) is 0 Å². The zero-order chi connectivity index (χ0) is 13.7. The lowest BCUT2D eigenvalue weighted by molar-refractivity contribution is -0.136. The molecule has 0 aromatic heterocycles. The van der Waals surface area contributed by atoms with E-state index in [1.807, 2.05) is 18.2 Å². The monoisotopic (exact) mass is 264 g/mol. The largest absolute Gasteiger partial charge is 0.496 e. The first-order valence-electron chi connectivity index (χ1n) is 6.75. The summed E-state index contributed by atoms with van der Waals surface area (Å²) < 4.78 is 11.3. The van der Waals surface area contributed by atoms with Gasteiger partial charge in [-0.25, -0.2) is 0 Å². The van der Waals surface area contributed by atoms with Gasteiger partial charge in [0.15, 0.2) is 0 Å². The van der Waals surface area contributed by atoms with E-state index in [9.17, 15) is 4.79 Å². The predicted octanol–water partition coefficient (Wildman–Crippen LogP) is 3.03. The smallest absolute Gasteiger partial charge is 0.303 e. The topological polar surface area (TPSA) is 55.8 Å². The number of benzene rings is 1. The average molecular weight is 264 g/mol. The van der Waals surface area contributed by atoms with Gasteiger partial charge in [0.05, 0.1) is 13.2 Å². The van der Waals surface area contributed by atoms with E-state index in [1.165, 1.54) is 12.8 Å². The van der Waals surface area contributed by atoms with E-state index in [1.54, 1.807) is 7.11 Å². The molecule has 4 heteroatoms. The molecule has 1 aliphatic rings. The number of hydrogen-bond acceptors (Lipinski definition) is 3. The third kappa shape index (κ3) is 3.63. The van der Waals surface area contributed by atoms with Crippen molar-refractivity contribution in [2.45, 2.75) is 44.6 Å². The van der Waals surface area contributed by atoms with Gasteiger partial charge < -0.3 is 14.6 Å². The zero-order valence-electron chi connectivity index (χ0n) is 11.2. The molecule has 0 spiro atoms. The summed E-state index contributed by atoms with van der Waals surface area (Å²) in [5.41, 5.74) is 0.860. The van der Waals surface area contributed by atoms with Gasteiger partial charge in [-0.15, -0.1) is 0 Å². The number of carboxylic acids is 1. The van der Waals surface area contributed by atoms with Gasteiger partial charge in [0.2, 0.25) is 0 Å². The van der Waals surface area contributed by atoms with Crippen molar-refractivity contribution in [1.29, 1.82) is 0 Å². The summed E-state index contributed by atoms with van der Waals surface area (Å²) in [5.74, 6) is 0.668. The van der Waals surface area contributed by atoms with Crippen LogP contribution in [0.15, 0.2) is 18.2 Å². The Kier molecular flexibility index (Phi) is 4.66. The van der Waals surface area contributed by atoms with Crippen molar-refractivity contribution >= 4 is 5.97 Å². The van der Waals surface area contributed by atoms with Crippen LogP contribution in [0.25, 0.3) is 0 Å². The quantitative estimate of drug-likeness (QED) is 0.858. The van der Waals surface area contributed by atoms with Gasteiger partial charge in [0.1, 0.15) is 11.5 Å². The third-order valence-corrected chi connectivity index (χ3v) is 3.49. The van der Waals surface area contributed by atoms with Crippen molar-refractivity contribution < 1.29 is 19.4 Å². The van der Waals surface area contributed by atoms with E-state index in [0.717, 1.165) is 24.2 Å². The van der Waals surface area contributed by atoms with Crippen LogP contribution in [-0.2, 0) is 11.2 Å². The maximum absolute atomic E-state index is 10.7. The fraction of sp³-hybridized carbons (Fsp3) is 0.533. The van der Waals surface area contributed by atoms with Crippen LogP contribution in [-0.4, -0.2) is 24.3 Å². The summed E-state index contributed by atoms with van der Waals surface area (Å²) >= 11 is 0. The van der Waals surface area contributed by atoms with Gasteiger partial charge in [-0.1, -0.05) is 6.07 Å². The molecule has 0 heterocycles. The Morgan fingerprint density at radius 2 is 2.00 bits per heavy atom. The minimum atomic E-state index is -0.808. The van der Waals surface area contributed by atoms with E-state index in [4.69, 9.17) is 14.6 Å². The van der Waals surface area contributed by atoms with Crippen molar-refractivity contribution in [2.75, 3.05) is 7.11 Å². The van der Waals surface area contributed by atoms with Crippen molar-refractivity contribution in [3.63, 3.8) is 0 Å². The molecular weight excluding hydrogens is 244 g/mol. The molecule has 0 amide bonds. The van der Waals surface area contributed by atoms with Crippen LogP contribution in [0.4, 0.5) is 0 Å². The molecule has 0 bridgehead atoms. The molecule has 104 valence electrons. The Balaban J connectivity index is 2.16. The second-order valence-corrected chi connectivity index (χ2v) is 4.86. The number of ether oxygens (including phenoxy) is 2. The number of hydrogen-bond donors (Lipinski definition) is 1. The van der Waals surface area contributed by atoms with Crippen LogP contribution in [0.5, 0.6) is 11.5 Å². The Morgan fingerprint density at radius 1 is 1.32 bits per heavy atom. The summed E-state index contributed by atoms with van der Waals surface area (Å²) in [4.78, 5) is 10.7. The number of carbonyl (C=O) groups is 1. The molecule has 1 fully saturated rings. The van der Waals surface area contributed by atoms with Gasteiger partial charge in [0.25, 0.3) is 0 Å². The number of carboxylic acid groups (broad SMARTS) is 1. The molecule has 0 unspecified atom stereocenters. The van der Waals surface area contributed by atoms with E-state index < -0.39 is 5.97 Å². The molecule has 0 saturated heterocycles. The van der Waals surface area contributed by atoms with E-state index in [0.29, 0.717) is 12.2 Å². The van der Waals surface area contributed by atoms with Crippen LogP contribution in [0.2, 0.25) is 0 Å². The Hall–Kier alpha value is -1.71. The van der Waals surface area contributed by atoms with Crippen LogP contribution in [0.3, 0.4) is 0 Å².